The molecule has 0 amide bonds. The molecule has 1 spiro atoms. The molecule has 152 valence electrons. The summed E-state index contributed by atoms with van der Waals surface area (Å²) in [6, 6.07) is 16.3. The third-order valence-electron chi connectivity index (χ3n) is 5.93. The maximum absolute atomic E-state index is 9.17. The molecule has 2 aliphatic heterocycles. The molecule has 1 aromatic carbocycles. The Kier molecular flexibility index (Phi) is 4.95. The fourth-order valence-corrected chi connectivity index (χ4v) is 4.48. The van der Waals surface area contributed by atoms with Crippen molar-refractivity contribution in [2.24, 2.45) is 0 Å². The van der Waals surface area contributed by atoms with Crippen LogP contribution in [0.5, 0.6) is 0 Å². The molecule has 7 heteroatoms. The molecule has 1 unspecified atom stereocenters. The zero-order chi connectivity index (χ0) is 20.4. The molecule has 0 radical (unpaired) electrons. The topological polar surface area (TPSA) is 70.2 Å². The van der Waals surface area contributed by atoms with Crippen LogP contribution < -0.4 is 4.90 Å². The first kappa shape index (κ1) is 18.8. The van der Waals surface area contributed by atoms with E-state index in [1.165, 1.54) is 5.56 Å². The summed E-state index contributed by atoms with van der Waals surface area (Å²) in [6.45, 7) is 5.15. The first-order valence-electron chi connectivity index (χ1n) is 10.3. The Morgan fingerprint density at radius 2 is 2.07 bits per heavy atom. The van der Waals surface area contributed by atoms with Crippen molar-refractivity contribution < 1.29 is 4.74 Å². The monoisotopic (exact) mass is 400 g/mol. The van der Waals surface area contributed by atoms with Crippen LogP contribution in [0.1, 0.15) is 17.5 Å². The number of anilines is 1. The zero-order valence-electron chi connectivity index (χ0n) is 16.8. The number of ether oxygens (including phenoxy) is 1. The lowest BCUT2D eigenvalue weighted by molar-refractivity contribution is -0.0974. The van der Waals surface area contributed by atoms with Gasteiger partial charge in [-0.3, -0.25) is 4.90 Å². The maximum atomic E-state index is 9.17. The molecular formula is C23H24N6O. The number of hydrogen-bond donors (Lipinski definition) is 0. The summed E-state index contributed by atoms with van der Waals surface area (Å²) in [6.07, 6.45) is 6.44. The van der Waals surface area contributed by atoms with Crippen molar-refractivity contribution in [3.63, 3.8) is 0 Å². The minimum Gasteiger partial charge on any atom is -0.370 e. The van der Waals surface area contributed by atoms with Gasteiger partial charge in [-0.2, -0.15) is 10.4 Å². The van der Waals surface area contributed by atoms with Crippen LogP contribution in [0.4, 0.5) is 5.82 Å². The van der Waals surface area contributed by atoms with Crippen LogP contribution in [0, 0.1) is 11.3 Å². The number of morpholine rings is 1. The van der Waals surface area contributed by atoms with Gasteiger partial charge in [-0.05, 0) is 42.3 Å². The number of aromatic nitrogens is 3. The van der Waals surface area contributed by atoms with Crippen LogP contribution in [-0.2, 0) is 11.3 Å². The summed E-state index contributed by atoms with van der Waals surface area (Å²) in [7, 11) is 0. The fraction of sp³-hybridized carbons (Fsp3) is 0.348. The van der Waals surface area contributed by atoms with Gasteiger partial charge in [0.1, 0.15) is 11.4 Å². The predicted molar refractivity (Wildman–Crippen MR) is 113 cm³/mol. The quantitative estimate of drug-likeness (QED) is 0.671. The van der Waals surface area contributed by atoms with Crippen molar-refractivity contribution >= 4 is 5.82 Å². The Hall–Kier alpha value is -3.21. The molecule has 0 bridgehead atoms. The minimum absolute atomic E-state index is 0.178. The highest BCUT2D eigenvalue weighted by Gasteiger charge is 2.43. The number of hydrogen-bond acceptors (Lipinski definition) is 6. The van der Waals surface area contributed by atoms with Crippen LogP contribution >= 0.6 is 0 Å². The summed E-state index contributed by atoms with van der Waals surface area (Å²) in [5, 5.41) is 13.5. The van der Waals surface area contributed by atoms with Crippen molar-refractivity contribution in [3.05, 3.63) is 72.2 Å². The van der Waals surface area contributed by atoms with Crippen LogP contribution in [0.15, 0.2) is 61.1 Å². The molecule has 5 rings (SSSR count). The van der Waals surface area contributed by atoms with Crippen molar-refractivity contribution in [2.45, 2.75) is 18.6 Å². The standard InChI is InChI=1S/C23H24N6O/c24-15-19-5-8-25-22(14-19)28-10-6-23(18-28)17-27(11-12-30-23)16-20-3-1-4-21(13-20)29-9-2-7-26-29/h1-5,7-9,13-14H,6,10-12,16-18H2. The third-order valence-corrected chi connectivity index (χ3v) is 5.93. The Balaban J connectivity index is 1.27. The second-order valence-electron chi connectivity index (χ2n) is 8.05. The molecule has 0 N–H and O–H groups in total. The lowest BCUT2D eigenvalue weighted by atomic mass is 10.00. The van der Waals surface area contributed by atoms with Gasteiger partial charge >= 0.3 is 0 Å². The van der Waals surface area contributed by atoms with Crippen LogP contribution in [0.2, 0.25) is 0 Å². The highest BCUT2D eigenvalue weighted by atomic mass is 16.5. The molecule has 7 nitrogen and oxygen atoms in total. The maximum Gasteiger partial charge on any atom is 0.129 e. The largest absolute Gasteiger partial charge is 0.370 e. The van der Waals surface area contributed by atoms with Crippen LogP contribution in [-0.4, -0.2) is 58.1 Å². The van der Waals surface area contributed by atoms with Gasteiger partial charge in [0.25, 0.3) is 0 Å². The molecule has 0 saturated carbocycles. The molecule has 0 aliphatic carbocycles. The molecular weight excluding hydrogens is 376 g/mol. The lowest BCUT2D eigenvalue weighted by Crippen LogP contribution is -2.53. The van der Waals surface area contributed by atoms with E-state index in [0.717, 1.165) is 57.3 Å². The van der Waals surface area contributed by atoms with Gasteiger partial charge in [0.15, 0.2) is 0 Å². The lowest BCUT2D eigenvalue weighted by Gasteiger charge is -2.40. The van der Waals surface area contributed by atoms with E-state index in [1.54, 1.807) is 18.5 Å². The average molecular weight is 400 g/mol. The summed E-state index contributed by atoms with van der Waals surface area (Å²) in [5.41, 5.74) is 2.82. The van der Waals surface area contributed by atoms with Gasteiger partial charge in [-0.25, -0.2) is 9.67 Å². The van der Waals surface area contributed by atoms with E-state index in [9.17, 15) is 0 Å². The summed E-state index contributed by atoms with van der Waals surface area (Å²) in [5.74, 6) is 0.860. The number of nitriles is 1. The van der Waals surface area contributed by atoms with E-state index in [1.807, 2.05) is 23.0 Å². The molecule has 30 heavy (non-hydrogen) atoms. The predicted octanol–water partition coefficient (Wildman–Crippen LogP) is 2.62. The van der Waals surface area contributed by atoms with E-state index in [4.69, 9.17) is 10.00 Å². The highest BCUT2D eigenvalue weighted by Crippen LogP contribution is 2.32. The summed E-state index contributed by atoms with van der Waals surface area (Å²) >= 11 is 0. The normalized spacial score (nSPS) is 21.8. The Morgan fingerprint density at radius 1 is 1.10 bits per heavy atom. The minimum atomic E-state index is -0.178. The van der Waals surface area contributed by atoms with Gasteiger partial charge < -0.3 is 9.64 Å². The van der Waals surface area contributed by atoms with Crippen molar-refractivity contribution in [1.29, 1.82) is 5.26 Å². The van der Waals surface area contributed by atoms with E-state index in [0.29, 0.717) is 5.56 Å². The molecule has 3 aromatic rings. The SMILES string of the molecule is N#Cc1ccnc(N2CCC3(CN(Cc4cccc(-n5cccn5)c4)CCO3)C2)c1. The summed E-state index contributed by atoms with van der Waals surface area (Å²) < 4.78 is 8.19. The average Bonchev–Trinajstić information content (AvgIpc) is 3.45. The van der Waals surface area contributed by atoms with Gasteiger partial charge in [0.2, 0.25) is 0 Å². The molecule has 4 heterocycles. The Bertz CT molecular complexity index is 1060. The Labute approximate surface area is 176 Å². The van der Waals surface area contributed by atoms with E-state index in [2.05, 4.69) is 50.2 Å². The highest BCUT2D eigenvalue weighted by molar-refractivity contribution is 5.46. The first-order chi connectivity index (χ1) is 14.7. The molecule has 2 fully saturated rings. The fourth-order valence-electron chi connectivity index (χ4n) is 4.48. The van der Waals surface area contributed by atoms with Gasteiger partial charge in [-0.1, -0.05) is 12.1 Å². The van der Waals surface area contributed by atoms with E-state index in [-0.39, 0.29) is 5.60 Å². The summed E-state index contributed by atoms with van der Waals surface area (Å²) in [4.78, 5) is 9.18. The third kappa shape index (κ3) is 3.80. The van der Waals surface area contributed by atoms with Crippen molar-refractivity contribution in [3.8, 4) is 11.8 Å². The second kappa shape index (κ2) is 7.90. The number of nitrogens with zero attached hydrogens (tertiary/aromatic N) is 6. The molecule has 2 saturated heterocycles. The van der Waals surface area contributed by atoms with E-state index >= 15 is 0 Å². The number of benzene rings is 1. The number of pyridine rings is 1. The molecule has 2 aromatic heterocycles. The van der Waals surface area contributed by atoms with Crippen molar-refractivity contribution in [1.82, 2.24) is 19.7 Å². The molecule has 1 atom stereocenters. The van der Waals surface area contributed by atoms with Gasteiger partial charge in [0, 0.05) is 51.3 Å². The smallest absolute Gasteiger partial charge is 0.129 e. The van der Waals surface area contributed by atoms with Gasteiger partial charge in [0.05, 0.1) is 23.9 Å². The number of rotatable bonds is 4. The van der Waals surface area contributed by atoms with Crippen LogP contribution in [0.3, 0.4) is 0 Å². The van der Waals surface area contributed by atoms with Gasteiger partial charge in [-0.15, -0.1) is 0 Å². The first-order valence-corrected chi connectivity index (χ1v) is 10.3. The van der Waals surface area contributed by atoms with E-state index < -0.39 is 0 Å². The zero-order valence-corrected chi connectivity index (χ0v) is 16.8. The van der Waals surface area contributed by atoms with Crippen LogP contribution in [0.25, 0.3) is 5.69 Å². The molecule has 2 aliphatic rings. The second-order valence-corrected chi connectivity index (χ2v) is 8.05. The Morgan fingerprint density at radius 3 is 2.93 bits per heavy atom. The van der Waals surface area contributed by atoms with Crippen molar-refractivity contribution in [2.75, 3.05) is 37.7 Å².